The molecule has 1 aliphatic heterocycles. The Bertz CT molecular complexity index is 850. The van der Waals surface area contributed by atoms with Gasteiger partial charge in [0.1, 0.15) is 12.2 Å². The van der Waals surface area contributed by atoms with E-state index in [4.69, 9.17) is 0 Å². The Morgan fingerprint density at radius 1 is 1.15 bits per heavy atom. The molecule has 0 bridgehead atoms. The molecule has 0 unspecified atom stereocenters. The Morgan fingerprint density at radius 2 is 2.00 bits per heavy atom. The summed E-state index contributed by atoms with van der Waals surface area (Å²) in [5, 5.41) is 13.0. The van der Waals surface area contributed by atoms with Gasteiger partial charge in [0.15, 0.2) is 0 Å². The van der Waals surface area contributed by atoms with Crippen LogP contribution in [0.25, 0.3) is 0 Å². The van der Waals surface area contributed by atoms with Crippen LogP contribution in [0.4, 0.5) is 0 Å². The van der Waals surface area contributed by atoms with Crippen LogP contribution in [0.2, 0.25) is 0 Å². The molecule has 0 spiro atoms. The Morgan fingerprint density at radius 3 is 2.77 bits per heavy atom. The van der Waals surface area contributed by atoms with Crippen molar-refractivity contribution in [1.29, 1.82) is 0 Å². The third-order valence-electron chi connectivity index (χ3n) is 5.44. The van der Waals surface area contributed by atoms with Crippen molar-refractivity contribution >= 4 is 0 Å². The van der Waals surface area contributed by atoms with E-state index in [1.807, 2.05) is 24.3 Å². The molecule has 136 valence electrons. The van der Waals surface area contributed by atoms with Gasteiger partial charge in [0.2, 0.25) is 0 Å². The lowest BCUT2D eigenvalue weighted by atomic mass is 9.96. The summed E-state index contributed by atoms with van der Waals surface area (Å²) in [7, 11) is 2.00. The van der Waals surface area contributed by atoms with Crippen molar-refractivity contribution in [3.8, 4) is 0 Å². The fraction of sp³-hybridized carbons (Fsp3) is 0.450. The summed E-state index contributed by atoms with van der Waals surface area (Å²) in [6, 6.07) is 10.5. The minimum atomic E-state index is 0.437. The largest absolute Gasteiger partial charge is 0.313 e. The summed E-state index contributed by atoms with van der Waals surface area (Å²) in [4.78, 5) is 2.53. The lowest BCUT2D eigenvalue weighted by Crippen LogP contribution is -2.35. The summed E-state index contributed by atoms with van der Waals surface area (Å²) < 4.78 is 4.16. The fourth-order valence-electron chi connectivity index (χ4n) is 3.83. The minimum Gasteiger partial charge on any atom is -0.313 e. The van der Waals surface area contributed by atoms with Crippen LogP contribution in [0.3, 0.4) is 0 Å². The summed E-state index contributed by atoms with van der Waals surface area (Å²) in [6.45, 7) is 6.10. The van der Waals surface area contributed by atoms with E-state index in [2.05, 4.69) is 62.0 Å². The van der Waals surface area contributed by atoms with Gasteiger partial charge in [-0.1, -0.05) is 30.3 Å². The average molecular weight is 350 g/mol. The van der Waals surface area contributed by atoms with Crippen molar-refractivity contribution < 1.29 is 0 Å². The van der Waals surface area contributed by atoms with E-state index in [1.165, 1.54) is 29.7 Å². The molecule has 2 aromatic heterocycles. The highest BCUT2D eigenvalue weighted by molar-refractivity contribution is 5.17. The highest BCUT2D eigenvalue weighted by atomic mass is 15.3. The third kappa shape index (κ3) is 3.55. The van der Waals surface area contributed by atoms with Gasteiger partial charge in [-0.2, -0.15) is 5.10 Å². The quantitative estimate of drug-likeness (QED) is 0.710. The molecule has 1 aromatic carbocycles. The molecule has 4 rings (SSSR count). The Balaban J connectivity index is 1.47. The van der Waals surface area contributed by atoms with Crippen molar-refractivity contribution in [2.24, 2.45) is 7.05 Å². The smallest absolute Gasteiger partial charge is 0.137 e. The Labute approximate surface area is 154 Å². The average Bonchev–Trinajstić information content (AvgIpc) is 3.25. The second kappa shape index (κ2) is 7.41. The predicted octanol–water partition coefficient (Wildman–Crippen LogP) is 2.75. The topological polar surface area (TPSA) is 51.8 Å². The molecule has 0 radical (unpaired) electrons. The maximum atomic E-state index is 4.47. The lowest BCUT2D eigenvalue weighted by Gasteiger charge is -2.32. The van der Waals surface area contributed by atoms with Crippen LogP contribution in [0.1, 0.15) is 41.4 Å². The highest BCUT2D eigenvalue weighted by Gasteiger charge is 2.26. The van der Waals surface area contributed by atoms with Gasteiger partial charge in [-0.05, 0) is 31.9 Å². The van der Waals surface area contributed by atoms with Crippen LogP contribution < -0.4 is 0 Å². The van der Waals surface area contributed by atoms with Crippen LogP contribution in [-0.2, 0) is 20.1 Å². The van der Waals surface area contributed by atoms with Crippen LogP contribution in [-0.4, -0.2) is 42.5 Å². The van der Waals surface area contributed by atoms with Gasteiger partial charge in [-0.15, -0.1) is 10.2 Å². The first-order chi connectivity index (χ1) is 12.7. The van der Waals surface area contributed by atoms with E-state index in [0.717, 1.165) is 32.0 Å². The molecule has 1 fully saturated rings. The monoisotopic (exact) mass is 350 g/mol. The zero-order valence-electron chi connectivity index (χ0n) is 15.5. The molecule has 6 heteroatoms. The van der Waals surface area contributed by atoms with E-state index in [9.17, 15) is 0 Å². The first-order valence-corrected chi connectivity index (χ1v) is 9.32. The van der Waals surface area contributed by atoms with Gasteiger partial charge in [-0.25, -0.2) is 0 Å². The number of hydrogen-bond acceptors (Lipinski definition) is 4. The Hall–Kier alpha value is -2.47. The number of hydrogen-bond donors (Lipinski definition) is 0. The van der Waals surface area contributed by atoms with Crippen molar-refractivity contribution in [3.63, 3.8) is 0 Å². The molecule has 3 heterocycles. The van der Waals surface area contributed by atoms with Gasteiger partial charge in [-0.3, -0.25) is 9.58 Å². The second-order valence-corrected chi connectivity index (χ2v) is 7.26. The molecule has 6 nitrogen and oxygen atoms in total. The van der Waals surface area contributed by atoms with E-state index in [0.29, 0.717) is 5.92 Å². The molecule has 0 aliphatic carbocycles. The number of rotatable bonds is 5. The molecule has 1 aliphatic rings. The van der Waals surface area contributed by atoms with Gasteiger partial charge >= 0.3 is 0 Å². The third-order valence-corrected chi connectivity index (χ3v) is 5.44. The second-order valence-electron chi connectivity index (χ2n) is 7.26. The van der Waals surface area contributed by atoms with Crippen molar-refractivity contribution in [2.45, 2.75) is 38.8 Å². The van der Waals surface area contributed by atoms with Crippen LogP contribution in [0.15, 0.2) is 42.9 Å². The van der Waals surface area contributed by atoms with Gasteiger partial charge in [0.05, 0.1) is 12.7 Å². The number of nitrogens with zero attached hydrogens (tertiary/aromatic N) is 6. The maximum Gasteiger partial charge on any atom is 0.137 e. The molecule has 0 saturated carbocycles. The molecule has 0 N–H and O–H groups in total. The summed E-state index contributed by atoms with van der Waals surface area (Å²) in [6.07, 6.45) is 6.24. The number of likely N-dealkylation sites (tertiary alicyclic amines) is 1. The molecule has 3 aromatic rings. The van der Waals surface area contributed by atoms with E-state index in [-0.39, 0.29) is 0 Å². The molecule has 0 amide bonds. The van der Waals surface area contributed by atoms with E-state index >= 15 is 0 Å². The molecule has 1 atom stereocenters. The lowest BCUT2D eigenvalue weighted by molar-refractivity contribution is 0.194. The zero-order valence-corrected chi connectivity index (χ0v) is 15.5. The van der Waals surface area contributed by atoms with Gasteiger partial charge in [0.25, 0.3) is 0 Å². The molecular weight excluding hydrogens is 324 g/mol. The number of benzene rings is 1. The predicted molar refractivity (Wildman–Crippen MR) is 101 cm³/mol. The molecule has 26 heavy (non-hydrogen) atoms. The van der Waals surface area contributed by atoms with Crippen molar-refractivity contribution in [2.75, 3.05) is 13.1 Å². The first-order valence-electron chi connectivity index (χ1n) is 9.32. The first kappa shape index (κ1) is 17.0. The van der Waals surface area contributed by atoms with Gasteiger partial charge < -0.3 is 4.57 Å². The normalized spacial score (nSPS) is 18.3. The standard InChI is InChI=1S/C20H26N6/c1-16-19(11-22-24(16)2)14-25-10-6-9-18(13-25)20-23-21-15-26(20)12-17-7-4-3-5-8-17/h3-5,7-8,11,15,18H,6,9-10,12-14H2,1-2H3/t18-/m0/s1. The minimum absolute atomic E-state index is 0.437. The zero-order chi connectivity index (χ0) is 17.9. The SMILES string of the molecule is Cc1c(CN2CCC[C@H](c3nncn3Cc3ccccc3)C2)cnn1C. The summed E-state index contributed by atoms with van der Waals surface area (Å²) in [5.41, 5.74) is 3.85. The highest BCUT2D eigenvalue weighted by Crippen LogP contribution is 2.27. The van der Waals surface area contributed by atoms with Gasteiger partial charge in [0, 0.05) is 37.3 Å². The fourth-order valence-corrected chi connectivity index (χ4v) is 3.83. The molecular formula is C20H26N6. The van der Waals surface area contributed by atoms with Crippen molar-refractivity contribution in [1.82, 2.24) is 29.4 Å². The van der Waals surface area contributed by atoms with Crippen molar-refractivity contribution in [3.05, 3.63) is 65.5 Å². The summed E-state index contributed by atoms with van der Waals surface area (Å²) >= 11 is 0. The number of piperidine rings is 1. The van der Waals surface area contributed by atoms with E-state index < -0.39 is 0 Å². The maximum absolute atomic E-state index is 4.47. The van der Waals surface area contributed by atoms with Crippen LogP contribution in [0, 0.1) is 6.92 Å². The summed E-state index contributed by atoms with van der Waals surface area (Å²) in [5.74, 6) is 1.55. The van der Waals surface area contributed by atoms with Crippen LogP contribution in [0.5, 0.6) is 0 Å². The Kier molecular flexibility index (Phi) is 4.84. The van der Waals surface area contributed by atoms with Crippen LogP contribution >= 0.6 is 0 Å². The number of aromatic nitrogens is 5. The molecule has 1 saturated heterocycles. The number of aryl methyl sites for hydroxylation is 1. The van der Waals surface area contributed by atoms with E-state index in [1.54, 1.807) is 0 Å².